The van der Waals surface area contributed by atoms with Crippen LogP contribution in [0.5, 0.6) is 0 Å². The minimum Gasteiger partial charge on any atom is -0.444 e. The molecule has 0 bridgehead atoms. The third-order valence-electron chi connectivity index (χ3n) is 7.87. The van der Waals surface area contributed by atoms with Gasteiger partial charge in [0.1, 0.15) is 10.8 Å². The van der Waals surface area contributed by atoms with E-state index in [9.17, 15) is 18.0 Å². The van der Waals surface area contributed by atoms with Crippen LogP contribution in [0.2, 0.25) is 5.15 Å². The molecule has 1 fully saturated rings. The van der Waals surface area contributed by atoms with Gasteiger partial charge in [-0.05, 0) is 83.6 Å². The quantitative estimate of drug-likeness (QED) is 0.266. The second-order valence-corrected chi connectivity index (χ2v) is 16.3. The van der Waals surface area contributed by atoms with E-state index in [1.54, 1.807) is 21.8 Å². The highest BCUT2D eigenvalue weighted by Gasteiger charge is 2.43. The molecule has 2 amide bonds. The number of sulfonamides is 1. The van der Waals surface area contributed by atoms with Crippen molar-refractivity contribution in [3.05, 3.63) is 76.7 Å². The van der Waals surface area contributed by atoms with Crippen molar-refractivity contribution < 1.29 is 22.7 Å². The summed E-state index contributed by atoms with van der Waals surface area (Å²) >= 11 is 6.26. The fraction of sp³-hybridized carbons (Fsp3) is 0.515. The average molecular weight is 658 g/mol. The number of benzene rings is 1. The molecule has 10 nitrogen and oxygen atoms in total. The van der Waals surface area contributed by atoms with E-state index in [1.807, 2.05) is 85.7 Å². The Morgan fingerprint density at radius 3 is 2.33 bits per heavy atom. The number of carbonyl (C=O) groups excluding carboxylic acids is 2. The number of nitrogens with zero attached hydrogens (tertiary/aromatic N) is 4. The van der Waals surface area contributed by atoms with Crippen LogP contribution in [0.4, 0.5) is 4.79 Å². The van der Waals surface area contributed by atoms with Crippen LogP contribution in [0.15, 0.2) is 59.8 Å². The molecule has 1 aromatic carbocycles. The monoisotopic (exact) mass is 657 g/mol. The number of ether oxygens (including phenoxy) is 1. The molecule has 45 heavy (non-hydrogen) atoms. The van der Waals surface area contributed by atoms with Gasteiger partial charge in [-0.15, -0.1) is 0 Å². The van der Waals surface area contributed by atoms with Crippen molar-refractivity contribution in [2.45, 2.75) is 102 Å². The summed E-state index contributed by atoms with van der Waals surface area (Å²) in [6.45, 7) is 16.1. The highest BCUT2D eigenvalue weighted by atomic mass is 35.5. The maximum atomic E-state index is 13.2. The Bertz CT molecular complexity index is 1640. The maximum Gasteiger partial charge on any atom is 0.410 e. The summed E-state index contributed by atoms with van der Waals surface area (Å²) in [4.78, 5) is 32.0. The molecule has 1 aliphatic heterocycles. The number of halogens is 1. The maximum absolute atomic E-state index is 13.2. The minimum atomic E-state index is -4.31. The molecule has 2 atom stereocenters. The Labute approximate surface area is 271 Å². The number of hydrogen-bond donors (Lipinski definition) is 1. The Kier molecular flexibility index (Phi) is 9.76. The lowest BCUT2D eigenvalue weighted by Crippen LogP contribution is -2.45. The minimum absolute atomic E-state index is 0.0465. The predicted molar refractivity (Wildman–Crippen MR) is 174 cm³/mol. The van der Waals surface area contributed by atoms with Crippen molar-refractivity contribution in [3.63, 3.8) is 0 Å². The van der Waals surface area contributed by atoms with Crippen LogP contribution in [0.1, 0.15) is 102 Å². The summed E-state index contributed by atoms with van der Waals surface area (Å²) in [6, 6.07) is 14.0. The highest BCUT2D eigenvalue weighted by Crippen LogP contribution is 2.38. The summed E-state index contributed by atoms with van der Waals surface area (Å²) < 4.78 is 35.8. The van der Waals surface area contributed by atoms with Crippen LogP contribution < -0.4 is 4.72 Å². The zero-order valence-electron chi connectivity index (χ0n) is 27.3. The Morgan fingerprint density at radius 1 is 1.07 bits per heavy atom. The standard InChI is InChI=1S/C33H44ClN5O5S/c1-31(2,3)26-17-15-24(28(34)35-26)29(40)37-45(42,43)27-18-19-39(36-27)25(23-12-10-9-11-13-23)16-14-22-20-33(7,8)38(21-22)30(41)44-32(4,5)6/h9-13,15,17-19,22,25H,14,16,20-21H2,1-8H3,(H,37,40)/t22-,25?/m0/s1. The predicted octanol–water partition coefficient (Wildman–Crippen LogP) is 6.75. The van der Waals surface area contributed by atoms with E-state index in [1.165, 1.54) is 12.1 Å². The second kappa shape index (κ2) is 12.7. The fourth-order valence-electron chi connectivity index (χ4n) is 5.63. The molecule has 0 saturated carbocycles. The lowest BCUT2D eigenvalue weighted by molar-refractivity contribution is 0.0130. The van der Waals surface area contributed by atoms with Gasteiger partial charge in [-0.25, -0.2) is 14.5 Å². The van der Waals surface area contributed by atoms with E-state index >= 15 is 0 Å². The lowest BCUT2D eigenvalue weighted by Gasteiger charge is -2.33. The summed E-state index contributed by atoms with van der Waals surface area (Å²) in [5, 5.41) is 4.05. The fourth-order valence-corrected chi connectivity index (χ4v) is 6.77. The molecule has 1 saturated heterocycles. The Morgan fingerprint density at radius 2 is 1.73 bits per heavy atom. The number of amides is 2. The SMILES string of the molecule is CC(C)(C)OC(=O)N1C[C@@H](CCC(c2ccccc2)n2ccc(S(=O)(=O)NC(=O)c3ccc(C(C)(C)C)nc3Cl)n2)CC1(C)C. The average Bonchev–Trinajstić information content (AvgIpc) is 3.52. The normalized spacial score (nSPS) is 17.6. The van der Waals surface area contributed by atoms with Crippen molar-refractivity contribution in [2.24, 2.45) is 5.92 Å². The molecule has 0 radical (unpaired) electrons. The number of hydrogen-bond acceptors (Lipinski definition) is 7. The van der Waals surface area contributed by atoms with Crippen molar-refractivity contribution in [3.8, 4) is 0 Å². The van der Waals surface area contributed by atoms with Gasteiger partial charge in [-0.1, -0.05) is 62.7 Å². The van der Waals surface area contributed by atoms with Gasteiger partial charge in [0.25, 0.3) is 15.9 Å². The van der Waals surface area contributed by atoms with Gasteiger partial charge in [0.15, 0.2) is 5.03 Å². The number of rotatable bonds is 8. The molecule has 3 heterocycles. The molecule has 1 N–H and O–H groups in total. The van der Waals surface area contributed by atoms with Gasteiger partial charge in [-0.2, -0.15) is 13.5 Å². The van der Waals surface area contributed by atoms with Gasteiger partial charge in [0.2, 0.25) is 0 Å². The first kappa shape index (κ1) is 34.4. The largest absolute Gasteiger partial charge is 0.444 e. The lowest BCUT2D eigenvalue weighted by atomic mass is 9.90. The Balaban J connectivity index is 1.51. The number of pyridine rings is 1. The van der Waals surface area contributed by atoms with Gasteiger partial charge >= 0.3 is 6.09 Å². The van der Waals surface area contributed by atoms with Crippen molar-refractivity contribution in [1.82, 2.24) is 24.4 Å². The van der Waals surface area contributed by atoms with Crippen LogP contribution in [-0.2, 0) is 20.2 Å². The third kappa shape index (κ3) is 8.43. The first-order valence-electron chi connectivity index (χ1n) is 15.1. The molecule has 4 rings (SSSR count). The topological polar surface area (TPSA) is 123 Å². The summed E-state index contributed by atoms with van der Waals surface area (Å²) in [5.74, 6) is -0.666. The van der Waals surface area contributed by atoms with Crippen molar-refractivity contribution in [2.75, 3.05) is 6.54 Å². The van der Waals surface area contributed by atoms with Gasteiger partial charge < -0.3 is 9.64 Å². The van der Waals surface area contributed by atoms with E-state index in [0.29, 0.717) is 18.7 Å². The van der Waals surface area contributed by atoms with Crippen LogP contribution in [-0.4, -0.2) is 57.8 Å². The van der Waals surface area contributed by atoms with Gasteiger partial charge in [-0.3, -0.25) is 9.48 Å². The number of carbonyl (C=O) groups is 2. The summed E-state index contributed by atoms with van der Waals surface area (Å²) in [5.41, 5.74) is 0.364. The summed E-state index contributed by atoms with van der Waals surface area (Å²) in [7, 11) is -4.31. The smallest absolute Gasteiger partial charge is 0.410 e. The van der Waals surface area contributed by atoms with E-state index in [0.717, 1.165) is 18.4 Å². The zero-order valence-corrected chi connectivity index (χ0v) is 28.9. The molecule has 1 aliphatic rings. The van der Waals surface area contributed by atoms with E-state index in [2.05, 4.69) is 14.8 Å². The molecule has 1 unspecified atom stereocenters. The number of aromatic nitrogens is 3. The van der Waals surface area contributed by atoms with E-state index < -0.39 is 21.5 Å². The van der Waals surface area contributed by atoms with Gasteiger partial charge in [0, 0.05) is 29.4 Å². The van der Waals surface area contributed by atoms with Crippen LogP contribution in [0.25, 0.3) is 0 Å². The molecule has 0 spiro atoms. The first-order valence-corrected chi connectivity index (χ1v) is 17.0. The number of nitrogens with one attached hydrogen (secondary N) is 1. The van der Waals surface area contributed by atoms with E-state index in [4.69, 9.17) is 16.3 Å². The van der Waals surface area contributed by atoms with Crippen molar-refractivity contribution >= 4 is 33.6 Å². The zero-order chi connectivity index (χ0) is 33.4. The van der Waals surface area contributed by atoms with Crippen LogP contribution in [0.3, 0.4) is 0 Å². The highest BCUT2D eigenvalue weighted by molar-refractivity contribution is 7.90. The molecule has 12 heteroatoms. The Hall–Kier alpha value is -3.44. The van der Waals surface area contributed by atoms with Crippen LogP contribution >= 0.6 is 11.6 Å². The van der Waals surface area contributed by atoms with Gasteiger partial charge in [0.05, 0.1) is 11.6 Å². The molecular weight excluding hydrogens is 614 g/mol. The molecule has 2 aromatic heterocycles. The molecule has 0 aliphatic carbocycles. The molecule has 3 aromatic rings. The second-order valence-electron chi connectivity index (χ2n) is 14.3. The van der Waals surface area contributed by atoms with E-state index in [-0.39, 0.29) is 44.7 Å². The van der Waals surface area contributed by atoms with Crippen LogP contribution in [0, 0.1) is 5.92 Å². The van der Waals surface area contributed by atoms with Crippen molar-refractivity contribution in [1.29, 1.82) is 0 Å². The molecular formula is C33H44ClN5O5S. The first-order chi connectivity index (χ1) is 20.8. The summed E-state index contributed by atoms with van der Waals surface area (Å²) in [6.07, 6.45) is 3.53. The molecule has 244 valence electrons. The number of likely N-dealkylation sites (tertiary alicyclic amines) is 1. The third-order valence-corrected chi connectivity index (χ3v) is 9.38.